The van der Waals surface area contributed by atoms with E-state index in [0.29, 0.717) is 22.8 Å². The van der Waals surface area contributed by atoms with Gasteiger partial charge in [0.15, 0.2) is 18.1 Å². The number of ether oxygens (including phenoxy) is 4. The summed E-state index contributed by atoms with van der Waals surface area (Å²) < 4.78 is 53.5. The Kier molecular flexibility index (Phi) is 5.94. The van der Waals surface area contributed by atoms with Gasteiger partial charge in [-0.05, 0) is 24.3 Å². The number of hydrogen-bond donors (Lipinski definition) is 1. The van der Waals surface area contributed by atoms with Gasteiger partial charge in [-0.2, -0.15) is 0 Å². The van der Waals surface area contributed by atoms with Crippen LogP contribution in [0.3, 0.4) is 0 Å². The van der Waals surface area contributed by atoms with Gasteiger partial charge in [-0.15, -0.1) is 10.2 Å². The van der Waals surface area contributed by atoms with Crippen LogP contribution in [0.2, 0.25) is 0 Å². The summed E-state index contributed by atoms with van der Waals surface area (Å²) >= 11 is 0. The topological polar surface area (TPSA) is 166 Å². The van der Waals surface area contributed by atoms with Crippen LogP contribution >= 0.6 is 0 Å². The third-order valence-corrected chi connectivity index (χ3v) is 4.55. The Balaban J connectivity index is 1.74. The Morgan fingerprint density at radius 2 is 1.70 bits per heavy atom. The number of sulfonamides is 1. The number of methoxy groups -OCH3 is 3. The lowest BCUT2D eigenvalue weighted by molar-refractivity contribution is 0.0396. The van der Waals surface area contributed by atoms with Crippen LogP contribution in [0.25, 0.3) is 11.5 Å². The predicted molar refractivity (Wildman–Crippen MR) is 98.6 cm³/mol. The summed E-state index contributed by atoms with van der Waals surface area (Å²) in [6.07, 6.45) is 0. The first-order valence-electron chi connectivity index (χ1n) is 8.19. The van der Waals surface area contributed by atoms with Crippen molar-refractivity contribution >= 4 is 16.0 Å². The van der Waals surface area contributed by atoms with E-state index in [-0.39, 0.29) is 24.1 Å². The minimum Gasteiger partial charge on any atom is -0.493 e. The lowest BCUT2D eigenvalue weighted by Gasteiger charge is -2.12. The highest BCUT2D eigenvalue weighted by Gasteiger charge is 2.21. The average Bonchev–Trinajstić information content (AvgIpc) is 3.40. The zero-order valence-corrected chi connectivity index (χ0v) is 16.9. The third kappa shape index (κ3) is 4.36. The quantitative estimate of drug-likeness (QED) is 0.503. The Hall–Kier alpha value is -3.58. The van der Waals surface area contributed by atoms with E-state index in [0.717, 1.165) is 12.1 Å². The van der Waals surface area contributed by atoms with Crippen molar-refractivity contribution in [1.29, 1.82) is 0 Å². The summed E-state index contributed by atoms with van der Waals surface area (Å²) in [5.74, 6) is 0.0127. The van der Waals surface area contributed by atoms with E-state index >= 15 is 0 Å². The van der Waals surface area contributed by atoms with E-state index in [1.807, 2.05) is 0 Å². The number of primary sulfonamides is 1. The molecule has 3 rings (SSSR count). The molecule has 160 valence electrons. The van der Waals surface area contributed by atoms with E-state index in [4.69, 9.17) is 32.9 Å². The molecule has 0 radical (unpaired) electrons. The van der Waals surface area contributed by atoms with Crippen LogP contribution in [-0.4, -0.2) is 45.9 Å². The number of benzene rings is 1. The molecule has 1 aromatic carbocycles. The number of esters is 1. The van der Waals surface area contributed by atoms with E-state index in [9.17, 15) is 13.2 Å². The molecule has 13 heteroatoms. The van der Waals surface area contributed by atoms with E-state index < -0.39 is 21.1 Å². The van der Waals surface area contributed by atoms with Crippen LogP contribution in [0.1, 0.15) is 16.4 Å². The van der Waals surface area contributed by atoms with Gasteiger partial charge >= 0.3 is 5.97 Å². The van der Waals surface area contributed by atoms with Crippen LogP contribution in [0.5, 0.6) is 17.2 Å². The molecule has 30 heavy (non-hydrogen) atoms. The molecule has 0 aliphatic carbocycles. The zero-order valence-electron chi connectivity index (χ0n) is 16.1. The highest BCUT2D eigenvalue weighted by Crippen LogP contribution is 2.40. The minimum atomic E-state index is -4.07. The first-order valence-corrected chi connectivity index (χ1v) is 9.74. The van der Waals surface area contributed by atoms with Crippen molar-refractivity contribution < 1.29 is 41.0 Å². The molecular weight excluding hydrogens is 422 g/mol. The summed E-state index contributed by atoms with van der Waals surface area (Å²) in [4.78, 5) is 12.0. The lowest BCUT2D eigenvalue weighted by atomic mass is 10.2. The molecule has 12 nitrogen and oxygen atoms in total. The Labute approximate surface area is 170 Å². The summed E-state index contributed by atoms with van der Waals surface area (Å²) in [6, 6.07) is 5.39. The standard InChI is InChI=1S/C17H17N3O9S/c1-24-11-6-9(7-12(25-2)15(11)26-3)16-20-19-13(29-16)8-27-17(21)10-4-5-14(28-10)30(18,22)23/h4-7H,8H2,1-3H3,(H2,18,22,23). The van der Waals surface area contributed by atoms with Gasteiger partial charge in [-0.3, -0.25) is 0 Å². The first kappa shape index (κ1) is 21.1. The summed E-state index contributed by atoms with van der Waals surface area (Å²) in [5, 5.41) is 12.1. The van der Waals surface area contributed by atoms with Crippen molar-refractivity contribution in [3.05, 3.63) is 35.9 Å². The van der Waals surface area contributed by atoms with Crippen molar-refractivity contribution in [3.8, 4) is 28.7 Å². The molecule has 0 saturated carbocycles. The van der Waals surface area contributed by atoms with Crippen molar-refractivity contribution in [2.24, 2.45) is 5.14 Å². The highest BCUT2D eigenvalue weighted by molar-refractivity contribution is 7.89. The third-order valence-electron chi connectivity index (χ3n) is 3.77. The van der Waals surface area contributed by atoms with E-state index in [2.05, 4.69) is 10.2 Å². The van der Waals surface area contributed by atoms with Gasteiger partial charge in [-0.25, -0.2) is 18.4 Å². The molecule has 0 unspecified atom stereocenters. The predicted octanol–water partition coefficient (Wildman–Crippen LogP) is 1.36. The number of carbonyl (C=O) groups excluding carboxylic acids is 1. The van der Waals surface area contributed by atoms with Crippen molar-refractivity contribution in [3.63, 3.8) is 0 Å². The molecule has 2 aromatic heterocycles. The number of rotatable bonds is 8. The fourth-order valence-electron chi connectivity index (χ4n) is 2.41. The fraction of sp³-hybridized carbons (Fsp3) is 0.235. The molecule has 0 atom stereocenters. The second kappa shape index (κ2) is 8.42. The Bertz CT molecular complexity index is 1140. The van der Waals surface area contributed by atoms with Gasteiger partial charge in [0.25, 0.3) is 15.9 Å². The Morgan fingerprint density at radius 3 is 2.23 bits per heavy atom. The minimum absolute atomic E-state index is 0.00896. The molecule has 0 saturated heterocycles. The number of furan rings is 1. The van der Waals surface area contributed by atoms with Gasteiger partial charge < -0.3 is 27.8 Å². The lowest BCUT2D eigenvalue weighted by Crippen LogP contribution is -2.11. The number of nitrogens with two attached hydrogens (primary N) is 1. The Morgan fingerprint density at radius 1 is 1.03 bits per heavy atom. The zero-order chi connectivity index (χ0) is 21.9. The van der Waals surface area contributed by atoms with Gasteiger partial charge in [0.2, 0.25) is 22.5 Å². The fourth-order valence-corrected chi connectivity index (χ4v) is 2.88. The normalized spacial score (nSPS) is 11.2. The maximum atomic E-state index is 12.0. The van der Waals surface area contributed by atoms with Crippen LogP contribution in [0, 0.1) is 0 Å². The summed E-state index contributed by atoms with van der Waals surface area (Å²) in [6.45, 7) is -0.373. The van der Waals surface area contributed by atoms with Crippen molar-refractivity contribution in [2.45, 2.75) is 11.7 Å². The smallest absolute Gasteiger partial charge is 0.374 e. The maximum absolute atomic E-state index is 12.0. The molecule has 0 amide bonds. The molecule has 2 heterocycles. The largest absolute Gasteiger partial charge is 0.493 e. The molecule has 2 N–H and O–H groups in total. The van der Waals surface area contributed by atoms with Gasteiger partial charge in [0, 0.05) is 5.56 Å². The number of carbonyl (C=O) groups is 1. The molecular formula is C17H17N3O9S. The maximum Gasteiger partial charge on any atom is 0.374 e. The number of aromatic nitrogens is 2. The highest BCUT2D eigenvalue weighted by atomic mass is 32.2. The van der Waals surface area contributed by atoms with Crippen LogP contribution in [-0.2, 0) is 21.4 Å². The number of hydrogen-bond acceptors (Lipinski definition) is 11. The molecule has 0 spiro atoms. The molecule has 0 aliphatic rings. The first-order chi connectivity index (χ1) is 14.3. The molecule has 0 aliphatic heterocycles. The summed E-state index contributed by atoms with van der Waals surface area (Å²) in [5.41, 5.74) is 0.485. The molecule has 3 aromatic rings. The van der Waals surface area contributed by atoms with E-state index in [1.54, 1.807) is 12.1 Å². The SMILES string of the molecule is COc1cc(-c2nnc(COC(=O)c3ccc(S(N)(=O)=O)o3)o2)cc(OC)c1OC. The van der Waals surface area contributed by atoms with Crippen molar-refractivity contribution in [1.82, 2.24) is 10.2 Å². The van der Waals surface area contributed by atoms with Crippen LogP contribution in [0.4, 0.5) is 0 Å². The number of nitrogens with zero attached hydrogens (tertiary/aromatic N) is 2. The second-order valence-corrected chi connectivity index (χ2v) is 7.15. The monoisotopic (exact) mass is 439 g/mol. The van der Waals surface area contributed by atoms with Gasteiger partial charge in [0.05, 0.1) is 21.3 Å². The van der Waals surface area contributed by atoms with Crippen LogP contribution in [0.15, 0.2) is 38.2 Å². The van der Waals surface area contributed by atoms with E-state index in [1.165, 1.54) is 21.3 Å². The average molecular weight is 439 g/mol. The van der Waals surface area contributed by atoms with Crippen molar-refractivity contribution in [2.75, 3.05) is 21.3 Å². The molecule has 0 bridgehead atoms. The molecule has 0 fully saturated rings. The van der Waals surface area contributed by atoms with Gasteiger partial charge in [-0.1, -0.05) is 0 Å². The second-order valence-electron chi connectivity index (χ2n) is 5.65. The van der Waals surface area contributed by atoms with Gasteiger partial charge in [0.1, 0.15) is 0 Å². The van der Waals surface area contributed by atoms with Crippen LogP contribution < -0.4 is 19.3 Å². The summed E-state index contributed by atoms with van der Waals surface area (Å²) in [7, 11) is 0.341.